The number of carbonyl (C=O) groups excluding carboxylic acids is 1. The zero-order valence-corrected chi connectivity index (χ0v) is 18.6. The minimum Gasteiger partial charge on any atom is -0.383 e. The SMILES string of the molecule is COC[C@@H](C)n1c(SCC(=O)Nc2c(Cl)cccc2C(F)(F)F)nc2ccccc2c1=O. The molecule has 1 heterocycles. The van der Waals surface area contributed by atoms with Crippen molar-refractivity contribution in [2.24, 2.45) is 0 Å². The summed E-state index contributed by atoms with van der Waals surface area (Å²) in [5.74, 6) is -1.01. The predicted molar refractivity (Wildman–Crippen MR) is 118 cm³/mol. The number of anilines is 1. The number of aromatic nitrogens is 2. The van der Waals surface area contributed by atoms with Gasteiger partial charge in [-0.2, -0.15) is 13.2 Å². The summed E-state index contributed by atoms with van der Waals surface area (Å²) in [4.78, 5) is 30.0. The van der Waals surface area contributed by atoms with Crippen molar-refractivity contribution in [2.45, 2.75) is 24.3 Å². The molecule has 11 heteroatoms. The normalized spacial score (nSPS) is 12.7. The number of fused-ring (bicyclic) bond motifs is 1. The summed E-state index contributed by atoms with van der Waals surface area (Å²) in [5.41, 5.74) is -1.40. The van der Waals surface area contributed by atoms with Crippen molar-refractivity contribution in [3.63, 3.8) is 0 Å². The van der Waals surface area contributed by atoms with Gasteiger partial charge in [0, 0.05) is 7.11 Å². The maximum Gasteiger partial charge on any atom is 0.418 e. The molecule has 3 rings (SSSR count). The van der Waals surface area contributed by atoms with Crippen molar-refractivity contribution < 1.29 is 22.7 Å². The Morgan fingerprint density at radius 3 is 2.66 bits per heavy atom. The van der Waals surface area contributed by atoms with E-state index < -0.39 is 23.3 Å². The first kappa shape index (κ1) is 24.1. The fourth-order valence-corrected chi connectivity index (χ4v) is 4.24. The Hall–Kier alpha value is -2.56. The Labute approximate surface area is 190 Å². The second-order valence-corrected chi connectivity index (χ2v) is 8.24. The number of benzene rings is 2. The molecule has 0 aliphatic heterocycles. The largest absolute Gasteiger partial charge is 0.418 e. The molecule has 1 aromatic heterocycles. The summed E-state index contributed by atoms with van der Waals surface area (Å²) in [7, 11) is 1.50. The van der Waals surface area contributed by atoms with Gasteiger partial charge in [-0.25, -0.2) is 4.98 Å². The zero-order chi connectivity index (χ0) is 23.5. The summed E-state index contributed by atoms with van der Waals surface area (Å²) in [6, 6.07) is 9.65. The van der Waals surface area contributed by atoms with Crippen molar-refractivity contribution in [1.82, 2.24) is 9.55 Å². The Bertz CT molecular complexity index is 1200. The number of halogens is 4. The molecule has 1 amide bonds. The number of nitrogens with zero attached hydrogens (tertiary/aromatic N) is 2. The van der Waals surface area contributed by atoms with E-state index in [0.717, 1.165) is 23.9 Å². The molecule has 2 aromatic carbocycles. The molecular formula is C21H19ClF3N3O3S. The molecule has 0 unspecified atom stereocenters. The molecule has 0 radical (unpaired) electrons. The van der Waals surface area contributed by atoms with Gasteiger partial charge in [-0.05, 0) is 31.2 Å². The van der Waals surface area contributed by atoms with E-state index in [2.05, 4.69) is 10.3 Å². The van der Waals surface area contributed by atoms with Crippen molar-refractivity contribution >= 4 is 45.9 Å². The van der Waals surface area contributed by atoms with Gasteiger partial charge in [-0.15, -0.1) is 0 Å². The number of rotatable bonds is 7. The summed E-state index contributed by atoms with van der Waals surface area (Å²) in [6.07, 6.45) is -4.68. The minimum absolute atomic E-state index is 0.229. The first-order valence-electron chi connectivity index (χ1n) is 9.42. The van der Waals surface area contributed by atoms with Crippen molar-refractivity contribution in [3.05, 3.63) is 63.4 Å². The maximum absolute atomic E-state index is 13.3. The fourth-order valence-electron chi connectivity index (χ4n) is 3.12. The molecule has 0 saturated carbocycles. The van der Waals surface area contributed by atoms with Gasteiger partial charge in [0.15, 0.2) is 5.16 Å². The second-order valence-electron chi connectivity index (χ2n) is 6.89. The van der Waals surface area contributed by atoms with Gasteiger partial charge in [0.05, 0.1) is 45.6 Å². The number of hydrogen-bond acceptors (Lipinski definition) is 5. The van der Waals surface area contributed by atoms with Crippen LogP contribution in [-0.4, -0.2) is 34.9 Å². The molecule has 1 atom stereocenters. The van der Waals surface area contributed by atoms with E-state index in [-0.39, 0.29) is 34.1 Å². The highest BCUT2D eigenvalue weighted by Gasteiger charge is 2.34. The first-order valence-corrected chi connectivity index (χ1v) is 10.8. The van der Waals surface area contributed by atoms with Gasteiger partial charge < -0.3 is 10.1 Å². The lowest BCUT2D eigenvalue weighted by atomic mass is 10.1. The Morgan fingerprint density at radius 1 is 1.25 bits per heavy atom. The summed E-state index contributed by atoms with van der Waals surface area (Å²) in [5, 5.41) is 2.67. The standard InChI is InChI=1S/C21H19ClF3N3O3S/c1-12(10-31-2)28-19(30)13-6-3-4-9-16(13)26-20(28)32-11-17(29)27-18-14(21(23,24)25)7-5-8-15(18)22/h3-9,12H,10-11H2,1-2H3,(H,27,29)/t12-/m1/s1. The lowest BCUT2D eigenvalue weighted by Gasteiger charge is -2.19. The minimum atomic E-state index is -4.68. The average molecular weight is 486 g/mol. The number of nitrogens with one attached hydrogen (secondary N) is 1. The molecule has 0 fully saturated rings. The molecule has 170 valence electrons. The molecule has 32 heavy (non-hydrogen) atoms. The Kier molecular flexibility index (Phi) is 7.47. The van der Waals surface area contributed by atoms with Crippen LogP contribution in [0, 0.1) is 0 Å². The lowest BCUT2D eigenvalue weighted by Crippen LogP contribution is -2.29. The number of methoxy groups -OCH3 is 1. The van der Waals surface area contributed by atoms with Crippen LogP contribution in [0.25, 0.3) is 10.9 Å². The lowest BCUT2D eigenvalue weighted by molar-refractivity contribution is -0.137. The van der Waals surface area contributed by atoms with Crippen LogP contribution in [-0.2, 0) is 15.7 Å². The van der Waals surface area contributed by atoms with Crippen LogP contribution in [0.3, 0.4) is 0 Å². The third-order valence-electron chi connectivity index (χ3n) is 4.54. The molecule has 0 saturated heterocycles. The number of carbonyl (C=O) groups is 1. The van der Waals surface area contributed by atoms with Crippen LogP contribution < -0.4 is 10.9 Å². The van der Waals surface area contributed by atoms with Gasteiger partial charge in [-0.3, -0.25) is 14.2 Å². The van der Waals surface area contributed by atoms with Crippen LogP contribution >= 0.6 is 23.4 Å². The van der Waals surface area contributed by atoms with E-state index in [9.17, 15) is 22.8 Å². The van der Waals surface area contributed by atoms with E-state index in [1.54, 1.807) is 31.2 Å². The monoisotopic (exact) mass is 485 g/mol. The topological polar surface area (TPSA) is 73.2 Å². The molecule has 0 aliphatic rings. The number of ether oxygens (including phenoxy) is 1. The van der Waals surface area contributed by atoms with E-state index in [4.69, 9.17) is 16.3 Å². The number of thioether (sulfide) groups is 1. The van der Waals surface area contributed by atoms with E-state index >= 15 is 0 Å². The molecule has 6 nitrogen and oxygen atoms in total. The molecule has 1 N–H and O–H groups in total. The van der Waals surface area contributed by atoms with Gasteiger partial charge in [0.1, 0.15) is 0 Å². The number of alkyl halides is 3. The van der Waals surface area contributed by atoms with Crippen LogP contribution in [0.15, 0.2) is 52.4 Å². The van der Waals surface area contributed by atoms with Crippen LogP contribution in [0.4, 0.5) is 18.9 Å². The molecule has 0 bridgehead atoms. The van der Waals surface area contributed by atoms with E-state index in [1.165, 1.54) is 17.7 Å². The second kappa shape index (κ2) is 9.93. The van der Waals surface area contributed by atoms with Crippen LogP contribution in [0.5, 0.6) is 0 Å². The Morgan fingerprint density at radius 2 is 1.97 bits per heavy atom. The van der Waals surface area contributed by atoms with Gasteiger partial charge in [-0.1, -0.05) is 41.6 Å². The highest BCUT2D eigenvalue weighted by molar-refractivity contribution is 7.99. The summed E-state index contributed by atoms with van der Waals surface area (Å²) < 4.78 is 46.3. The maximum atomic E-state index is 13.3. The Balaban J connectivity index is 1.89. The summed E-state index contributed by atoms with van der Waals surface area (Å²) >= 11 is 6.83. The molecule has 0 aliphatic carbocycles. The van der Waals surface area contributed by atoms with Crippen LogP contribution in [0.2, 0.25) is 5.02 Å². The van der Waals surface area contributed by atoms with Gasteiger partial charge in [0.25, 0.3) is 5.56 Å². The average Bonchev–Trinajstić information content (AvgIpc) is 2.73. The first-order chi connectivity index (χ1) is 15.1. The summed E-state index contributed by atoms with van der Waals surface area (Å²) in [6.45, 7) is 2.00. The van der Waals surface area contributed by atoms with Crippen molar-refractivity contribution in [2.75, 3.05) is 24.8 Å². The van der Waals surface area contributed by atoms with E-state index in [0.29, 0.717) is 10.9 Å². The van der Waals surface area contributed by atoms with Crippen molar-refractivity contribution in [1.29, 1.82) is 0 Å². The van der Waals surface area contributed by atoms with Gasteiger partial charge in [0.2, 0.25) is 5.91 Å². The van der Waals surface area contributed by atoms with E-state index in [1.807, 2.05) is 0 Å². The fraction of sp³-hybridized carbons (Fsp3) is 0.286. The highest BCUT2D eigenvalue weighted by Crippen LogP contribution is 2.38. The molecule has 3 aromatic rings. The smallest absolute Gasteiger partial charge is 0.383 e. The number of hydrogen-bond donors (Lipinski definition) is 1. The third-order valence-corrected chi connectivity index (χ3v) is 5.81. The molecular weight excluding hydrogens is 467 g/mol. The third kappa shape index (κ3) is 5.25. The zero-order valence-electron chi connectivity index (χ0n) is 17.1. The van der Waals surface area contributed by atoms with Crippen LogP contribution in [0.1, 0.15) is 18.5 Å². The molecule has 0 spiro atoms. The quantitative estimate of drug-likeness (QED) is 0.376. The predicted octanol–water partition coefficient (Wildman–Crippen LogP) is 5.01. The number of amides is 1. The highest BCUT2D eigenvalue weighted by atomic mass is 35.5. The van der Waals surface area contributed by atoms with Crippen molar-refractivity contribution in [3.8, 4) is 0 Å². The van der Waals surface area contributed by atoms with Gasteiger partial charge >= 0.3 is 6.18 Å². The number of para-hydroxylation sites is 2.